The molecule has 0 spiro atoms. The summed E-state index contributed by atoms with van der Waals surface area (Å²) >= 11 is 0. The van der Waals surface area contributed by atoms with E-state index in [1.54, 1.807) is 25.3 Å². The first-order valence-corrected chi connectivity index (χ1v) is 5.69. The van der Waals surface area contributed by atoms with E-state index < -0.39 is 0 Å². The standard InChI is InChI=1S/C13H20N2O2/c1-8(2)15-9(3)13(16)10-5-6-12(17-4)11(14)7-10/h5-9,15H,14H2,1-4H3. The Hall–Kier alpha value is -1.55. The van der Waals surface area contributed by atoms with Crippen molar-refractivity contribution in [3.63, 3.8) is 0 Å². The molecule has 1 aromatic carbocycles. The molecule has 0 heterocycles. The summed E-state index contributed by atoms with van der Waals surface area (Å²) in [4.78, 5) is 12.1. The van der Waals surface area contributed by atoms with E-state index in [4.69, 9.17) is 10.5 Å². The van der Waals surface area contributed by atoms with Crippen LogP contribution >= 0.6 is 0 Å². The Kier molecular flexibility index (Phi) is 4.52. The molecule has 1 rings (SSSR count). The van der Waals surface area contributed by atoms with Crippen LogP contribution in [0.1, 0.15) is 31.1 Å². The number of ketones is 1. The van der Waals surface area contributed by atoms with Gasteiger partial charge >= 0.3 is 0 Å². The highest BCUT2D eigenvalue weighted by molar-refractivity contribution is 6.00. The van der Waals surface area contributed by atoms with Crippen LogP contribution in [0.25, 0.3) is 0 Å². The lowest BCUT2D eigenvalue weighted by Gasteiger charge is -2.16. The number of benzene rings is 1. The quantitative estimate of drug-likeness (QED) is 0.605. The van der Waals surface area contributed by atoms with Gasteiger partial charge in [0.2, 0.25) is 0 Å². The van der Waals surface area contributed by atoms with Gasteiger partial charge in [0.25, 0.3) is 0 Å². The Bertz CT molecular complexity index is 402. The topological polar surface area (TPSA) is 64.3 Å². The largest absolute Gasteiger partial charge is 0.495 e. The summed E-state index contributed by atoms with van der Waals surface area (Å²) in [5, 5.41) is 3.17. The zero-order valence-electron chi connectivity index (χ0n) is 10.8. The number of Topliss-reactive ketones (excluding diaryl/α,β-unsaturated/α-hetero) is 1. The molecule has 1 atom stereocenters. The molecule has 0 bridgehead atoms. The number of nitrogens with one attached hydrogen (secondary N) is 1. The molecule has 4 nitrogen and oxygen atoms in total. The molecule has 0 saturated carbocycles. The van der Waals surface area contributed by atoms with E-state index in [2.05, 4.69) is 5.32 Å². The zero-order valence-corrected chi connectivity index (χ0v) is 10.8. The summed E-state index contributed by atoms with van der Waals surface area (Å²) in [7, 11) is 1.55. The molecule has 0 amide bonds. The molecular formula is C13H20N2O2. The summed E-state index contributed by atoms with van der Waals surface area (Å²) in [5.41, 5.74) is 6.86. The average molecular weight is 236 g/mol. The third-order valence-electron chi connectivity index (χ3n) is 2.49. The lowest BCUT2D eigenvalue weighted by molar-refractivity contribution is 0.0946. The van der Waals surface area contributed by atoms with Gasteiger partial charge in [-0.2, -0.15) is 0 Å². The summed E-state index contributed by atoms with van der Waals surface area (Å²) < 4.78 is 5.05. The van der Waals surface area contributed by atoms with Crippen molar-refractivity contribution in [2.45, 2.75) is 32.9 Å². The number of hydrogen-bond acceptors (Lipinski definition) is 4. The molecule has 0 fully saturated rings. The van der Waals surface area contributed by atoms with Gasteiger partial charge in [0, 0.05) is 11.6 Å². The maximum atomic E-state index is 12.1. The van der Waals surface area contributed by atoms with Gasteiger partial charge in [-0.1, -0.05) is 13.8 Å². The number of carbonyl (C=O) groups is 1. The van der Waals surface area contributed by atoms with Gasteiger partial charge in [-0.3, -0.25) is 4.79 Å². The highest BCUT2D eigenvalue weighted by atomic mass is 16.5. The SMILES string of the molecule is COc1ccc(C(=O)C(C)NC(C)C)cc1N. The van der Waals surface area contributed by atoms with E-state index >= 15 is 0 Å². The van der Waals surface area contributed by atoms with Gasteiger partial charge in [-0.25, -0.2) is 0 Å². The molecule has 17 heavy (non-hydrogen) atoms. The Morgan fingerprint density at radius 2 is 2.00 bits per heavy atom. The molecule has 4 heteroatoms. The molecule has 0 aromatic heterocycles. The van der Waals surface area contributed by atoms with E-state index in [-0.39, 0.29) is 17.9 Å². The summed E-state index contributed by atoms with van der Waals surface area (Å²) in [5.74, 6) is 0.624. The van der Waals surface area contributed by atoms with Crippen molar-refractivity contribution in [1.29, 1.82) is 0 Å². The van der Waals surface area contributed by atoms with Crippen LogP contribution < -0.4 is 15.8 Å². The molecule has 0 aliphatic carbocycles. The highest BCUT2D eigenvalue weighted by Gasteiger charge is 2.16. The van der Waals surface area contributed by atoms with Crippen LogP contribution in [0.3, 0.4) is 0 Å². The molecule has 1 unspecified atom stereocenters. The number of ether oxygens (including phenoxy) is 1. The van der Waals surface area contributed by atoms with Crippen LogP contribution in [0.5, 0.6) is 5.75 Å². The Balaban J connectivity index is 2.86. The van der Waals surface area contributed by atoms with Crippen molar-refractivity contribution in [3.05, 3.63) is 23.8 Å². The van der Waals surface area contributed by atoms with Crippen molar-refractivity contribution in [3.8, 4) is 5.75 Å². The number of nitrogen functional groups attached to an aromatic ring is 1. The number of hydrogen-bond donors (Lipinski definition) is 2. The van der Waals surface area contributed by atoms with Crippen LogP contribution in [0.2, 0.25) is 0 Å². The molecule has 0 saturated heterocycles. The van der Waals surface area contributed by atoms with Crippen molar-refractivity contribution < 1.29 is 9.53 Å². The van der Waals surface area contributed by atoms with Crippen molar-refractivity contribution in [1.82, 2.24) is 5.32 Å². The predicted molar refractivity (Wildman–Crippen MR) is 69.5 cm³/mol. The van der Waals surface area contributed by atoms with E-state index in [9.17, 15) is 4.79 Å². The van der Waals surface area contributed by atoms with Crippen molar-refractivity contribution in [2.24, 2.45) is 0 Å². The maximum absolute atomic E-state index is 12.1. The molecule has 3 N–H and O–H groups in total. The number of nitrogens with two attached hydrogens (primary N) is 1. The predicted octanol–water partition coefficient (Wildman–Crippen LogP) is 1.85. The number of anilines is 1. The first-order chi connectivity index (χ1) is 7.95. The molecular weight excluding hydrogens is 216 g/mol. The van der Waals surface area contributed by atoms with Gasteiger partial charge in [-0.05, 0) is 25.1 Å². The van der Waals surface area contributed by atoms with Crippen LogP contribution in [0.4, 0.5) is 5.69 Å². The second-order valence-corrected chi connectivity index (χ2v) is 4.36. The maximum Gasteiger partial charge on any atom is 0.179 e. The second kappa shape index (κ2) is 5.68. The lowest BCUT2D eigenvalue weighted by atomic mass is 10.0. The fourth-order valence-electron chi connectivity index (χ4n) is 1.71. The van der Waals surface area contributed by atoms with E-state index in [1.165, 1.54) is 0 Å². The molecule has 0 aliphatic rings. The number of methoxy groups -OCH3 is 1. The van der Waals surface area contributed by atoms with Crippen molar-refractivity contribution >= 4 is 11.5 Å². The van der Waals surface area contributed by atoms with Gasteiger partial charge in [0.05, 0.1) is 18.8 Å². The summed E-state index contributed by atoms with van der Waals surface area (Å²) in [6.07, 6.45) is 0. The minimum Gasteiger partial charge on any atom is -0.495 e. The zero-order chi connectivity index (χ0) is 13.0. The van der Waals surface area contributed by atoms with E-state index in [0.29, 0.717) is 17.0 Å². The normalized spacial score (nSPS) is 12.5. The van der Waals surface area contributed by atoms with Gasteiger partial charge in [-0.15, -0.1) is 0 Å². The fourth-order valence-corrected chi connectivity index (χ4v) is 1.71. The lowest BCUT2D eigenvalue weighted by Crippen LogP contribution is -2.38. The average Bonchev–Trinajstić information content (AvgIpc) is 2.27. The van der Waals surface area contributed by atoms with Gasteiger partial charge in [0.1, 0.15) is 5.75 Å². The number of rotatable bonds is 5. The van der Waals surface area contributed by atoms with Crippen LogP contribution in [-0.4, -0.2) is 25.0 Å². The fraction of sp³-hybridized carbons (Fsp3) is 0.462. The first kappa shape index (κ1) is 13.5. The first-order valence-electron chi connectivity index (χ1n) is 5.69. The van der Waals surface area contributed by atoms with Gasteiger partial charge < -0.3 is 15.8 Å². The smallest absolute Gasteiger partial charge is 0.179 e. The molecule has 1 aromatic rings. The van der Waals surface area contributed by atoms with Crippen LogP contribution in [-0.2, 0) is 0 Å². The van der Waals surface area contributed by atoms with E-state index in [1.807, 2.05) is 20.8 Å². The summed E-state index contributed by atoms with van der Waals surface area (Å²) in [6, 6.07) is 5.15. The van der Waals surface area contributed by atoms with Crippen LogP contribution in [0.15, 0.2) is 18.2 Å². The van der Waals surface area contributed by atoms with Crippen LogP contribution in [0, 0.1) is 0 Å². The minimum atomic E-state index is -0.220. The second-order valence-electron chi connectivity index (χ2n) is 4.36. The summed E-state index contributed by atoms with van der Waals surface area (Å²) in [6.45, 7) is 5.86. The molecule has 94 valence electrons. The van der Waals surface area contributed by atoms with Gasteiger partial charge in [0.15, 0.2) is 5.78 Å². The third-order valence-corrected chi connectivity index (χ3v) is 2.49. The minimum absolute atomic E-state index is 0.0352. The Morgan fingerprint density at radius 3 is 2.47 bits per heavy atom. The van der Waals surface area contributed by atoms with E-state index in [0.717, 1.165) is 0 Å². The monoisotopic (exact) mass is 236 g/mol. The Labute approximate surface area is 102 Å². The van der Waals surface area contributed by atoms with Crippen molar-refractivity contribution in [2.75, 3.05) is 12.8 Å². The molecule has 0 radical (unpaired) electrons. The molecule has 0 aliphatic heterocycles. The third kappa shape index (κ3) is 3.46. The number of carbonyl (C=O) groups excluding carboxylic acids is 1. The Morgan fingerprint density at radius 1 is 1.35 bits per heavy atom. The highest BCUT2D eigenvalue weighted by Crippen LogP contribution is 2.22.